The topological polar surface area (TPSA) is 93.2 Å². The highest BCUT2D eigenvalue weighted by atomic mass is 35.5. The van der Waals surface area contributed by atoms with Crippen LogP contribution in [0.4, 0.5) is 5.69 Å². The van der Waals surface area contributed by atoms with Gasteiger partial charge in [0.05, 0.1) is 0 Å². The van der Waals surface area contributed by atoms with Crippen molar-refractivity contribution in [3.63, 3.8) is 0 Å². The van der Waals surface area contributed by atoms with Crippen LogP contribution in [0.25, 0.3) is 0 Å². The van der Waals surface area contributed by atoms with E-state index in [1.165, 1.54) is 0 Å². The number of amides is 2. The number of benzene rings is 3. The van der Waals surface area contributed by atoms with Gasteiger partial charge in [-0.25, -0.2) is 0 Å². The van der Waals surface area contributed by atoms with Gasteiger partial charge in [0.15, 0.2) is 5.01 Å². The number of ether oxygens (including phenoxy) is 1. The molecule has 0 aliphatic carbocycles. The molecule has 0 radical (unpaired) electrons. The zero-order valence-corrected chi connectivity index (χ0v) is 18.9. The van der Waals surface area contributed by atoms with Gasteiger partial charge < -0.3 is 15.4 Å². The molecule has 1 heterocycles. The molecule has 0 saturated carbocycles. The summed E-state index contributed by atoms with van der Waals surface area (Å²) in [5, 5.41) is 15.0. The largest absolute Gasteiger partial charge is 0.486 e. The van der Waals surface area contributed by atoms with E-state index in [-0.39, 0.29) is 23.4 Å². The first-order chi connectivity index (χ1) is 16.1. The molecule has 3 aromatic carbocycles. The van der Waals surface area contributed by atoms with Crippen LogP contribution in [-0.2, 0) is 13.2 Å². The molecule has 1 aromatic heterocycles. The second-order valence-corrected chi connectivity index (χ2v) is 8.45. The molecule has 0 atom stereocenters. The minimum absolute atomic E-state index is 0.222. The van der Waals surface area contributed by atoms with Gasteiger partial charge in [-0.1, -0.05) is 53.3 Å². The molecule has 33 heavy (non-hydrogen) atoms. The maximum absolute atomic E-state index is 12.5. The number of rotatable bonds is 8. The summed E-state index contributed by atoms with van der Waals surface area (Å²) in [5.74, 6) is 0.118. The van der Waals surface area contributed by atoms with Crippen molar-refractivity contribution in [2.75, 3.05) is 5.32 Å². The fraction of sp³-hybridized carbons (Fsp3) is 0.0833. The Morgan fingerprint density at radius 2 is 1.70 bits per heavy atom. The SMILES string of the molecule is O=C(NCc1cccc(Cl)c1)c1ccc(NC(=O)c2nnc(COc3ccccc3)s2)cc1. The Kier molecular flexibility index (Phi) is 7.29. The third-order valence-corrected chi connectivity index (χ3v) is 5.64. The standard InChI is InChI=1S/C24H19ClN4O3S/c25-18-6-4-5-16(13-18)14-26-22(30)17-9-11-19(12-10-17)27-23(31)24-29-28-21(33-24)15-32-20-7-2-1-3-8-20/h1-13H,14-15H2,(H,26,30)(H,27,31). The van der Waals surface area contributed by atoms with Gasteiger partial charge in [-0.2, -0.15) is 0 Å². The first kappa shape index (κ1) is 22.4. The average molecular weight is 479 g/mol. The van der Waals surface area contributed by atoms with E-state index in [0.29, 0.717) is 27.8 Å². The van der Waals surface area contributed by atoms with Crippen LogP contribution in [0.1, 0.15) is 30.7 Å². The van der Waals surface area contributed by atoms with Crippen molar-refractivity contribution in [1.82, 2.24) is 15.5 Å². The molecule has 2 N–H and O–H groups in total. The van der Waals surface area contributed by atoms with Crippen molar-refractivity contribution >= 4 is 40.4 Å². The Morgan fingerprint density at radius 3 is 2.45 bits per heavy atom. The maximum Gasteiger partial charge on any atom is 0.286 e. The molecule has 0 saturated heterocycles. The number of hydrogen-bond acceptors (Lipinski definition) is 6. The molecule has 0 bridgehead atoms. The summed E-state index contributed by atoms with van der Waals surface area (Å²) in [7, 11) is 0. The molecule has 7 nitrogen and oxygen atoms in total. The molecule has 0 spiro atoms. The van der Waals surface area contributed by atoms with Gasteiger partial charge in [0, 0.05) is 22.8 Å². The number of nitrogens with one attached hydrogen (secondary N) is 2. The highest BCUT2D eigenvalue weighted by molar-refractivity contribution is 7.13. The highest BCUT2D eigenvalue weighted by Crippen LogP contribution is 2.17. The van der Waals surface area contributed by atoms with E-state index in [1.807, 2.05) is 42.5 Å². The van der Waals surface area contributed by atoms with E-state index >= 15 is 0 Å². The summed E-state index contributed by atoms with van der Waals surface area (Å²) >= 11 is 7.12. The number of halogens is 1. The maximum atomic E-state index is 12.5. The highest BCUT2D eigenvalue weighted by Gasteiger charge is 2.14. The molecule has 0 fully saturated rings. The Hall–Kier alpha value is -3.75. The van der Waals surface area contributed by atoms with Crippen molar-refractivity contribution in [2.45, 2.75) is 13.2 Å². The molecule has 0 unspecified atom stereocenters. The summed E-state index contributed by atoms with van der Waals surface area (Å²) in [6.45, 7) is 0.596. The second kappa shape index (κ2) is 10.7. The molecular weight excluding hydrogens is 460 g/mol. The second-order valence-electron chi connectivity index (χ2n) is 6.95. The van der Waals surface area contributed by atoms with E-state index < -0.39 is 0 Å². The fourth-order valence-corrected chi connectivity index (χ4v) is 3.75. The smallest absolute Gasteiger partial charge is 0.286 e. The number of hydrogen-bond donors (Lipinski definition) is 2. The predicted octanol–water partition coefficient (Wildman–Crippen LogP) is 4.95. The molecule has 4 aromatic rings. The summed E-state index contributed by atoms with van der Waals surface area (Å²) in [4.78, 5) is 24.8. The van der Waals surface area contributed by atoms with Gasteiger partial charge in [-0.15, -0.1) is 10.2 Å². The van der Waals surface area contributed by atoms with Gasteiger partial charge >= 0.3 is 0 Å². The van der Waals surface area contributed by atoms with Crippen LogP contribution in [-0.4, -0.2) is 22.0 Å². The molecule has 4 rings (SSSR count). The molecule has 0 aliphatic heterocycles. The van der Waals surface area contributed by atoms with Gasteiger partial charge in [0.25, 0.3) is 11.8 Å². The van der Waals surface area contributed by atoms with Crippen molar-refractivity contribution < 1.29 is 14.3 Å². The molecule has 9 heteroatoms. The van der Waals surface area contributed by atoms with Gasteiger partial charge in [0.1, 0.15) is 12.4 Å². The van der Waals surface area contributed by atoms with Crippen LogP contribution < -0.4 is 15.4 Å². The van der Waals surface area contributed by atoms with Crippen LogP contribution in [0.3, 0.4) is 0 Å². The zero-order valence-electron chi connectivity index (χ0n) is 17.3. The van der Waals surface area contributed by atoms with Crippen LogP contribution in [0.15, 0.2) is 78.9 Å². The molecule has 166 valence electrons. The van der Waals surface area contributed by atoms with Crippen LogP contribution in [0.5, 0.6) is 5.75 Å². The fourth-order valence-electron chi connectivity index (χ4n) is 2.89. The Labute approximate surface area is 199 Å². The summed E-state index contributed by atoms with van der Waals surface area (Å²) in [6, 6.07) is 23.2. The lowest BCUT2D eigenvalue weighted by atomic mass is 10.1. The van der Waals surface area contributed by atoms with Crippen LogP contribution >= 0.6 is 22.9 Å². The van der Waals surface area contributed by atoms with Crippen molar-refractivity contribution in [1.29, 1.82) is 0 Å². The van der Waals surface area contributed by atoms with Crippen LogP contribution in [0.2, 0.25) is 5.02 Å². The molecule has 2 amide bonds. The third-order valence-electron chi connectivity index (χ3n) is 4.51. The number of carbonyl (C=O) groups excluding carboxylic acids is 2. The molecular formula is C24H19ClN4O3S. The average Bonchev–Trinajstić information content (AvgIpc) is 3.32. The third kappa shape index (κ3) is 6.38. The Balaban J connectivity index is 1.29. The monoisotopic (exact) mass is 478 g/mol. The minimum Gasteiger partial charge on any atom is -0.486 e. The van der Waals surface area contributed by atoms with Gasteiger partial charge in [0.2, 0.25) is 5.01 Å². The first-order valence-electron chi connectivity index (χ1n) is 10.0. The number of carbonyl (C=O) groups is 2. The normalized spacial score (nSPS) is 10.5. The number of anilines is 1. The van der Waals surface area contributed by atoms with E-state index in [9.17, 15) is 9.59 Å². The predicted molar refractivity (Wildman–Crippen MR) is 128 cm³/mol. The summed E-state index contributed by atoms with van der Waals surface area (Å²) in [6.07, 6.45) is 0. The van der Waals surface area contributed by atoms with Crippen LogP contribution in [0, 0.1) is 0 Å². The number of aromatic nitrogens is 2. The lowest BCUT2D eigenvalue weighted by molar-refractivity contribution is 0.0950. The van der Waals surface area contributed by atoms with E-state index in [4.69, 9.17) is 16.3 Å². The van der Waals surface area contributed by atoms with Gasteiger partial charge in [-0.05, 0) is 54.1 Å². The first-order valence-corrected chi connectivity index (χ1v) is 11.2. The lowest BCUT2D eigenvalue weighted by Gasteiger charge is -2.07. The zero-order chi connectivity index (χ0) is 23.0. The summed E-state index contributed by atoms with van der Waals surface area (Å²) in [5.41, 5.74) is 1.93. The van der Waals surface area contributed by atoms with E-state index in [2.05, 4.69) is 20.8 Å². The molecule has 0 aliphatic rings. The van der Waals surface area contributed by atoms with E-state index in [0.717, 1.165) is 22.6 Å². The number of para-hydroxylation sites is 1. The van der Waals surface area contributed by atoms with Crippen molar-refractivity contribution in [3.05, 3.63) is 105 Å². The Bertz CT molecular complexity index is 1250. The quantitative estimate of drug-likeness (QED) is 0.373. The summed E-state index contributed by atoms with van der Waals surface area (Å²) < 4.78 is 5.62. The van der Waals surface area contributed by atoms with Crippen molar-refractivity contribution in [2.24, 2.45) is 0 Å². The lowest BCUT2D eigenvalue weighted by Crippen LogP contribution is -2.22. The van der Waals surface area contributed by atoms with Crippen molar-refractivity contribution in [3.8, 4) is 5.75 Å². The van der Waals surface area contributed by atoms with Gasteiger partial charge in [-0.3, -0.25) is 9.59 Å². The Morgan fingerprint density at radius 1 is 0.909 bits per heavy atom. The minimum atomic E-state index is -0.378. The van der Waals surface area contributed by atoms with E-state index in [1.54, 1.807) is 36.4 Å². The number of nitrogens with zero attached hydrogens (tertiary/aromatic N) is 2.